The lowest BCUT2D eigenvalue weighted by atomic mass is 10.1. The Bertz CT molecular complexity index is 1100. The minimum absolute atomic E-state index is 0.234. The van der Waals surface area contributed by atoms with Gasteiger partial charge in [-0.1, -0.05) is 42.2 Å². The Morgan fingerprint density at radius 1 is 1.19 bits per heavy atom. The number of thiocarbonyl (C=S) groups is 1. The molecule has 0 atom stereocenters. The molecule has 2 aromatic carbocycles. The molecule has 7 heteroatoms. The van der Waals surface area contributed by atoms with E-state index in [1.165, 1.54) is 11.0 Å². The third-order valence-corrected chi connectivity index (χ3v) is 5.54. The number of benzene rings is 2. The first kappa shape index (κ1) is 17.5. The van der Waals surface area contributed by atoms with Gasteiger partial charge in [0.25, 0.3) is 5.91 Å². The van der Waals surface area contributed by atoms with Crippen LogP contribution in [0.3, 0.4) is 0 Å². The number of ketones is 1. The molecule has 1 N–H and O–H groups in total. The van der Waals surface area contributed by atoms with Crippen molar-refractivity contribution in [3.05, 3.63) is 71.3 Å². The summed E-state index contributed by atoms with van der Waals surface area (Å²) < 4.78 is 5.53. The van der Waals surface area contributed by atoms with E-state index in [4.69, 9.17) is 17.0 Å². The van der Waals surface area contributed by atoms with Crippen LogP contribution in [0.1, 0.15) is 10.4 Å². The number of rotatable bonds is 4. The topological polar surface area (TPSA) is 62.4 Å². The van der Waals surface area contributed by atoms with Gasteiger partial charge < -0.3 is 9.72 Å². The van der Waals surface area contributed by atoms with Crippen molar-refractivity contribution in [2.45, 2.75) is 0 Å². The summed E-state index contributed by atoms with van der Waals surface area (Å²) in [6.45, 7) is 0. The van der Waals surface area contributed by atoms with Crippen molar-refractivity contribution in [2.24, 2.45) is 0 Å². The molecule has 5 nitrogen and oxygen atoms in total. The van der Waals surface area contributed by atoms with E-state index in [0.29, 0.717) is 26.2 Å². The molecular formula is C20H14N2O3S2. The molecule has 0 radical (unpaired) electrons. The Labute approximate surface area is 165 Å². The lowest BCUT2D eigenvalue weighted by Gasteiger charge is -2.14. The van der Waals surface area contributed by atoms with Crippen molar-refractivity contribution >= 4 is 56.6 Å². The van der Waals surface area contributed by atoms with Crippen LogP contribution in [0.2, 0.25) is 0 Å². The SMILES string of the molecule is COc1ccc(N2C(=O)C(=CC(=O)c3c[nH]c4ccccc34)SC2=S)cc1. The van der Waals surface area contributed by atoms with Crippen LogP contribution < -0.4 is 9.64 Å². The minimum atomic E-state index is -0.302. The smallest absolute Gasteiger partial charge is 0.270 e. The first-order valence-corrected chi connectivity index (χ1v) is 9.33. The van der Waals surface area contributed by atoms with Crippen molar-refractivity contribution in [2.75, 3.05) is 12.0 Å². The van der Waals surface area contributed by atoms with Gasteiger partial charge in [-0.3, -0.25) is 14.5 Å². The molecule has 0 unspecified atom stereocenters. The standard InChI is InChI=1S/C20H14N2O3S2/c1-25-13-8-6-12(7-9-13)22-19(24)18(27-20(22)26)10-17(23)15-11-21-16-5-3-2-4-14(15)16/h2-11,21H,1H3. The maximum atomic E-state index is 12.8. The molecule has 1 saturated heterocycles. The van der Waals surface area contributed by atoms with Crippen molar-refractivity contribution in [3.63, 3.8) is 0 Å². The molecule has 1 aliphatic heterocycles. The molecule has 27 heavy (non-hydrogen) atoms. The third kappa shape index (κ3) is 3.15. The Hall–Kier alpha value is -2.90. The van der Waals surface area contributed by atoms with Gasteiger partial charge in [0.2, 0.25) is 0 Å². The van der Waals surface area contributed by atoms with Crippen molar-refractivity contribution in [1.29, 1.82) is 0 Å². The summed E-state index contributed by atoms with van der Waals surface area (Å²) in [7, 11) is 1.58. The highest BCUT2D eigenvalue weighted by Crippen LogP contribution is 2.35. The molecule has 0 spiro atoms. The number of hydrogen-bond acceptors (Lipinski definition) is 5. The van der Waals surface area contributed by atoms with Crippen LogP contribution in [-0.4, -0.2) is 28.1 Å². The predicted molar refractivity (Wildman–Crippen MR) is 111 cm³/mol. The minimum Gasteiger partial charge on any atom is -0.497 e. The van der Waals surface area contributed by atoms with Gasteiger partial charge in [0.1, 0.15) is 5.75 Å². The van der Waals surface area contributed by atoms with Gasteiger partial charge in [0.05, 0.1) is 17.7 Å². The summed E-state index contributed by atoms with van der Waals surface area (Å²) in [4.78, 5) is 30.3. The predicted octanol–water partition coefficient (Wildman–Crippen LogP) is 4.31. The molecule has 1 aromatic heterocycles. The van der Waals surface area contributed by atoms with Gasteiger partial charge in [0, 0.05) is 28.7 Å². The van der Waals surface area contributed by atoms with Crippen LogP contribution in [0.15, 0.2) is 65.7 Å². The van der Waals surface area contributed by atoms with E-state index >= 15 is 0 Å². The van der Waals surface area contributed by atoms with E-state index in [-0.39, 0.29) is 11.7 Å². The van der Waals surface area contributed by atoms with E-state index in [0.717, 1.165) is 22.7 Å². The molecule has 0 bridgehead atoms. The lowest BCUT2D eigenvalue weighted by Crippen LogP contribution is -2.27. The number of methoxy groups -OCH3 is 1. The van der Waals surface area contributed by atoms with Crippen molar-refractivity contribution < 1.29 is 14.3 Å². The van der Waals surface area contributed by atoms with E-state index in [2.05, 4.69) is 4.98 Å². The molecule has 2 heterocycles. The van der Waals surface area contributed by atoms with Gasteiger partial charge in [-0.05, 0) is 30.3 Å². The largest absolute Gasteiger partial charge is 0.497 e. The van der Waals surface area contributed by atoms with Crippen LogP contribution in [0.4, 0.5) is 5.69 Å². The number of fused-ring (bicyclic) bond motifs is 1. The molecule has 4 rings (SSSR count). The number of ether oxygens (including phenoxy) is 1. The van der Waals surface area contributed by atoms with E-state index < -0.39 is 0 Å². The number of carbonyl (C=O) groups excluding carboxylic acids is 2. The highest BCUT2D eigenvalue weighted by atomic mass is 32.2. The Morgan fingerprint density at radius 3 is 2.67 bits per heavy atom. The van der Waals surface area contributed by atoms with Crippen LogP contribution in [-0.2, 0) is 4.79 Å². The second-order valence-corrected chi connectivity index (χ2v) is 7.50. The van der Waals surface area contributed by atoms with Gasteiger partial charge in [-0.2, -0.15) is 0 Å². The Balaban J connectivity index is 1.63. The monoisotopic (exact) mass is 394 g/mol. The molecule has 3 aromatic rings. The van der Waals surface area contributed by atoms with Gasteiger partial charge in [0.15, 0.2) is 10.1 Å². The fourth-order valence-electron chi connectivity index (χ4n) is 2.89. The van der Waals surface area contributed by atoms with E-state index in [1.807, 2.05) is 24.3 Å². The Kier molecular flexibility index (Phi) is 4.55. The van der Waals surface area contributed by atoms with Crippen LogP contribution in [0.5, 0.6) is 5.75 Å². The number of aromatic nitrogens is 1. The van der Waals surface area contributed by atoms with Gasteiger partial charge in [-0.15, -0.1) is 0 Å². The fraction of sp³-hybridized carbons (Fsp3) is 0.0500. The van der Waals surface area contributed by atoms with Crippen molar-refractivity contribution in [3.8, 4) is 5.75 Å². The number of aromatic amines is 1. The summed E-state index contributed by atoms with van der Waals surface area (Å²) >= 11 is 6.47. The zero-order valence-electron chi connectivity index (χ0n) is 14.3. The zero-order chi connectivity index (χ0) is 19.0. The zero-order valence-corrected chi connectivity index (χ0v) is 15.9. The summed E-state index contributed by atoms with van der Waals surface area (Å²) in [6.07, 6.45) is 3.02. The maximum Gasteiger partial charge on any atom is 0.270 e. The number of amides is 1. The molecule has 1 amide bonds. The van der Waals surface area contributed by atoms with Gasteiger partial charge in [-0.25, -0.2) is 0 Å². The number of hydrogen-bond donors (Lipinski definition) is 1. The summed E-state index contributed by atoms with van der Waals surface area (Å²) in [5.74, 6) is 0.153. The van der Waals surface area contributed by atoms with E-state index in [9.17, 15) is 9.59 Å². The molecular weight excluding hydrogens is 380 g/mol. The molecule has 0 saturated carbocycles. The average Bonchev–Trinajstić information content (AvgIpc) is 3.23. The maximum absolute atomic E-state index is 12.8. The highest BCUT2D eigenvalue weighted by Gasteiger charge is 2.34. The first-order valence-electron chi connectivity index (χ1n) is 8.11. The van der Waals surface area contributed by atoms with Crippen LogP contribution >= 0.6 is 24.0 Å². The summed E-state index contributed by atoms with van der Waals surface area (Å²) in [5, 5.41) is 0.824. The summed E-state index contributed by atoms with van der Waals surface area (Å²) in [5.41, 5.74) is 2.04. The highest BCUT2D eigenvalue weighted by molar-refractivity contribution is 8.27. The molecule has 1 fully saturated rings. The third-order valence-electron chi connectivity index (χ3n) is 4.24. The van der Waals surface area contributed by atoms with Crippen LogP contribution in [0.25, 0.3) is 10.9 Å². The number of allylic oxidation sites excluding steroid dienone is 1. The van der Waals surface area contributed by atoms with E-state index in [1.54, 1.807) is 37.6 Å². The number of nitrogens with one attached hydrogen (secondary N) is 1. The quantitative estimate of drug-likeness (QED) is 0.406. The fourth-order valence-corrected chi connectivity index (χ4v) is 4.16. The lowest BCUT2D eigenvalue weighted by molar-refractivity contribution is -0.113. The molecule has 134 valence electrons. The van der Waals surface area contributed by atoms with Crippen molar-refractivity contribution in [1.82, 2.24) is 4.98 Å². The van der Waals surface area contributed by atoms with Crippen LogP contribution in [0, 0.1) is 0 Å². The Morgan fingerprint density at radius 2 is 1.93 bits per heavy atom. The number of thioether (sulfide) groups is 1. The molecule has 1 aliphatic rings. The second kappa shape index (κ2) is 7.02. The molecule has 0 aliphatic carbocycles. The number of H-pyrrole nitrogens is 1. The van der Waals surface area contributed by atoms with Gasteiger partial charge >= 0.3 is 0 Å². The normalized spacial score (nSPS) is 15.7. The first-order chi connectivity index (χ1) is 13.1. The number of carbonyl (C=O) groups is 2. The number of nitrogens with zero attached hydrogens (tertiary/aromatic N) is 1. The second-order valence-electron chi connectivity index (χ2n) is 5.83. The average molecular weight is 394 g/mol. The number of para-hydroxylation sites is 1. The summed E-state index contributed by atoms with van der Waals surface area (Å²) in [6, 6.07) is 14.6. The number of anilines is 1.